The zero-order valence-corrected chi connectivity index (χ0v) is 21.2. The molecule has 11 heteroatoms. The smallest absolute Gasteiger partial charge is 0.157 e. The van der Waals surface area contributed by atoms with E-state index in [-0.39, 0.29) is 63.2 Å². The number of hydrogen-bond acceptors (Lipinski definition) is 11. The number of fused-ring (bicyclic) bond motifs is 2. The summed E-state index contributed by atoms with van der Waals surface area (Å²) in [7, 11) is 0. The van der Waals surface area contributed by atoms with Crippen LogP contribution in [0.1, 0.15) is 45.9 Å². The molecule has 9 N–H and O–H groups in total. The Kier molecular flexibility index (Phi) is 6.13. The summed E-state index contributed by atoms with van der Waals surface area (Å²) in [6, 6.07) is 13.3. The standard InChI is InChI=1S/C30H26O11/c31-15-6-4-12(8-19(15)35)28-22(38)10-14-18(34)11-21(37)25(30(14)41-28)26-24-17(33)2-1-3-23(24)40-29(27(26)39)13-5-7-16(32)20(36)9-13/h1-9,11,22,26-29,31-39H,10H2/t22-,26?,27+,28+,29+/m0/s1. The summed E-state index contributed by atoms with van der Waals surface area (Å²) in [5, 5.41) is 95.1. The first-order valence-corrected chi connectivity index (χ1v) is 12.7. The van der Waals surface area contributed by atoms with Crippen molar-refractivity contribution >= 4 is 0 Å². The van der Waals surface area contributed by atoms with Gasteiger partial charge in [0.15, 0.2) is 29.1 Å². The van der Waals surface area contributed by atoms with Gasteiger partial charge in [-0.15, -0.1) is 0 Å². The van der Waals surface area contributed by atoms with Crippen molar-refractivity contribution < 1.29 is 55.4 Å². The van der Waals surface area contributed by atoms with Crippen molar-refractivity contribution in [2.24, 2.45) is 0 Å². The van der Waals surface area contributed by atoms with Gasteiger partial charge >= 0.3 is 0 Å². The maximum absolute atomic E-state index is 11.7. The lowest BCUT2D eigenvalue weighted by Gasteiger charge is -2.40. The molecule has 0 amide bonds. The Morgan fingerprint density at radius 3 is 1.83 bits per heavy atom. The maximum Gasteiger partial charge on any atom is 0.157 e. The zero-order chi connectivity index (χ0) is 29.2. The van der Waals surface area contributed by atoms with Gasteiger partial charge in [0.05, 0.1) is 12.0 Å². The number of hydrogen-bond donors (Lipinski definition) is 9. The van der Waals surface area contributed by atoms with Gasteiger partial charge in [0, 0.05) is 29.2 Å². The summed E-state index contributed by atoms with van der Waals surface area (Å²) in [5.74, 6) is -3.84. The normalized spacial score (nSPS) is 23.1. The predicted octanol–water partition coefficient (Wildman–Crippen LogP) is 3.29. The molecular formula is C30H26O11. The van der Waals surface area contributed by atoms with Crippen molar-refractivity contribution in [1.82, 2.24) is 0 Å². The van der Waals surface area contributed by atoms with Crippen LogP contribution in [0.4, 0.5) is 0 Å². The van der Waals surface area contributed by atoms with E-state index < -0.39 is 47.6 Å². The highest BCUT2D eigenvalue weighted by molar-refractivity contribution is 5.65. The van der Waals surface area contributed by atoms with Crippen LogP contribution in [0, 0.1) is 0 Å². The Bertz CT molecular complexity index is 1670. The highest BCUT2D eigenvalue weighted by Crippen LogP contribution is 2.56. The molecule has 1 unspecified atom stereocenters. The fourth-order valence-corrected chi connectivity index (χ4v) is 5.65. The number of aromatic hydroxyl groups is 7. The quantitative estimate of drug-likeness (QED) is 0.166. The van der Waals surface area contributed by atoms with Gasteiger partial charge < -0.3 is 55.4 Å². The molecule has 2 aliphatic heterocycles. The SMILES string of the molecule is Oc1ccc([C@H]2Oc3cccc(O)c3C(c3c(O)cc(O)c4c3O[C@H](c3ccc(O)c(O)c3)[C@@H](O)C4)[C@H]2O)cc1O. The minimum Gasteiger partial charge on any atom is -0.508 e. The van der Waals surface area contributed by atoms with Gasteiger partial charge in [0.1, 0.15) is 41.0 Å². The summed E-state index contributed by atoms with van der Waals surface area (Å²) >= 11 is 0. The summed E-state index contributed by atoms with van der Waals surface area (Å²) in [6.07, 6.45) is -5.11. The average Bonchev–Trinajstić information content (AvgIpc) is 2.93. The topological polar surface area (TPSA) is 201 Å². The van der Waals surface area contributed by atoms with Crippen molar-refractivity contribution in [3.8, 4) is 51.7 Å². The van der Waals surface area contributed by atoms with E-state index in [0.29, 0.717) is 5.56 Å². The molecule has 0 saturated carbocycles. The van der Waals surface area contributed by atoms with Crippen LogP contribution in [-0.4, -0.2) is 58.2 Å². The first kappa shape index (κ1) is 26.2. The van der Waals surface area contributed by atoms with Crippen molar-refractivity contribution in [2.75, 3.05) is 0 Å². The van der Waals surface area contributed by atoms with Gasteiger partial charge in [-0.1, -0.05) is 18.2 Å². The molecular weight excluding hydrogens is 536 g/mol. The fraction of sp³-hybridized carbons (Fsp3) is 0.200. The number of rotatable bonds is 3. The van der Waals surface area contributed by atoms with E-state index in [1.165, 1.54) is 48.5 Å². The maximum atomic E-state index is 11.7. The van der Waals surface area contributed by atoms with Crippen molar-refractivity contribution in [3.63, 3.8) is 0 Å². The van der Waals surface area contributed by atoms with E-state index in [4.69, 9.17) is 9.47 Å². The first-order valence-electron chi connectivity index (χ1n) is 12.7. The molecule has 0 saturated heterocycles. The van der Waals surface area contributed by atoms with Gasteiger partial charge in [-0.25, -0.2) is 0 Å². The molecule has 11 nitrogen and oxygen atoms in total. The van der Waals surface area contributed by atoms with Crippen LogP contribution in [0.2, 0.25) is 0 Å². The van der Waals surface area contributed by atoms with E-state index in [1.807, 2.05) is 0 Å². The molecule has 2 aliphatic rings. The number of phenols is 7. The predicted molar refractivity (Wildman–Crippen MR) is 142 cm³/mol. The number of ether oxygens (including phenoxy) is 2. The summed E-state index contributed by atoms with van der Waals surface area (Å²) in [5.41, 5.74) is 0.826. The Labute approximate surface area is 232 Å². The van der Waals surface area contributed by atoms with Crippen LogP contribution in [0.25, 0.3) is 0 Å². The van der Waals surface area contributed by atoms with Gasteiger partial charge in [-0.3, -0.25) is 0 Å². The second-order valence-corrected chi connectivity index (χ2v) is 10.1. The molecule has 41 heavy (non-hydrogen) atoms. The summed E-state index contributed by atoms with van der Waals surface area (Å²) < 4.78 is 12.2. The molecule has 0 bridgehead atoms. The van der Waals surface area contributed by atoms with Crippen LogP contribution < -0.4 is 9.47 Å². The van der Waals surface area contributed by atoms with Gasteiger partial charge in [0.2, 0.25) is 0 Å². The third kappa shape index (κ3) is 4.22. The molecule has 212 valence electrons. The van der Waals surface area contributed by atoms with Crippen LogP contribution in [0.15, 0.2) is 60.7 Å². The van der Waals surface area contributed by atoms with Gasteiger partial charge in [0.25, 0.3) is 0 Å². The lowest BCUT2D eigenvalue weighted by atomic mass is 9.77. The van der Waals surface area contributed by atoms with Gasteiger partial charge in [-0.2, -0.15) is 0 Å². The van der Waals surface area contributed by atoms with E-state index in [2.05, 4.69) is 0 Å². The van der Waals surface area contributed by atoms with E-state index >= 15 is 0 Å². The van der Waals surface area contributed by atoms with Crippen LogP contribution in [-0.2, 0) is 6.42 Å². The fourth-order valence-electron chi connectivity index (χ4n) is 5.65. The number of benzene rings is 4. The molecule has 5 atom stereocenters. The highest BCUT2D eigenvalue weighted by Gasteiger charge is 2.46. The largest absolute Gasteiger partial charge is 0.508 e. The Hall–Kier alpha value is -5.00. The summed E-state index contributed by atoms with van der Waals surface area (Å²) in [4.78, 5) is 0. The van der Waals surface area contributed by atoms with Crippen LogP contribution in [0.5, 0.6) is 51.7 Å². The molecule has 0 aliphatic carbocycles. The third-order valence-corrected chi connectivity index (χ3v) is 7.61. The minimum atomic E-state index is -1.51. The molecule has 4 aromatic carbocycles. The van der Waals surface area contributed by atoms with E-state index in [0.717, 1.165) is 6.07 Å². The van der Waals surface area contributed by atoms with Crippen molar-refractivity contribution in [1.29, 1.82) is 0 Å². The first-order chi connectivity index (χ1) is 19.5. The van der Waals surface area contributed by atoms with E-state index in [1.54, 1.807) is 6.07 Å². The molecule has 0 spiro atoms. The van der Waals surface area contributed by atoms with Crippen LogP contribution >= 0.6 is 0 Å². The number of aliphatic hydroxyl groups excluding tert-OH is 2. The molecule has 0 radical (unpaired) electrons. The van der Waals surface area contributed by atoms with Crippen molar-refractivity contribution in [3.05, 3.63) is 88.5 Å². The Balaban J connectivity index is 1.54. The monoisotopic (exact) mass is 562 g/mol. The third-order valence-electron chi connectivity index (χ3n) is 7.61. The summed E-state index contributed by atoms with van der Waals surface area (Å²) in [6.45, 7) is 0. The van der Waals surface area contributed by atoms with Crippen LogP contribution in [0.3, 0.4) is 0 Å². The highest BCUT2D eigenvalue weighted by atomic mass is 16.5. The lowest BCUT2D eigenvalue weighted by molar-refractivity contribution is 0.00128. The Morgan fingerprint density at radius 2 is 1.20 bits per heavy atom. The molecule has 2 heterocycles. The average molecular weight is 563 g/mol. The number of aliphatic hydroxyl groups is 2. The minimum absolute atomic E-state index is 0.00995. The van der Waals surface area contributed by atoms with E-state index in [9.17, 15) is 46.0 Å². The molecule has 4 aromatic rings. The molecule has 0 fully saturated rings. The molecule has 0 aromatic heterocycles. The number of phenolic OH excluding ortho intramolecular Hbond substituents is 7. The molecule has 6 rings (SSSR count). The zero-order valence-electron chi connectivity index (χ0n) is 21.2. The second kappa shape index (κ2) is 9.58. The lowest BCUT2D eigenvalue weighted by Crippen LogP contribution is -2.36. The van der Waals surface area contributed by atoms with Gasteiger partial charge in [-0.05, 0) is 47.5 Å². The van der Waals surface area contributed by atoms with Crippen molar-refractivity contribution in [2.45, 2.75) is 36.8 Å². The second-order valence-electron chi connectivity index (χ2n) is 10.1. The Morgan fingerprint density at radius 1 is 0.561 bits per heavy atom.